The minimum absolute atomic E-state index is 0.00381. The predicted octanol–water partition coefficient (Wildman–Crippen LogP) is 4.18. The largest absolute Gasteiger partial charge is 0.398 e. The number of nitrogens with one attached hydrogen (secondary N) is 2. The first-order valence-electron chi connectivity index (χ1n) is 8.80. The van der Waals surface area contributed by atoms with Crippen molar-refractivity contribution in [3.8, 4) is 0 Å². The molecule has 4 N–H and O–H groups in total. The summed E-state index contributed by atoms with van der Waals surface area (Å²) in [7, 11) is -5.37. The molecule has 0 aliphatic carbocycles. The molecule has 1 atom stereocenters. The normalized spacial score (nSPS) is 12.4. The summed E-state index contributed by atoms with van der Waals surface area (Å²) in [6, 6.07) is 16.2. The third-order valence-electron chi connectivity index (χ3n) is 4.43. The quantitative estimate of drug-likeness (QED) is 0.377. The molecular weight excluding hydrogens is 442 g/mol. The van der Waals surface area contributed by atoms with E-state index in [4.69, 9.17) is 22.7 Å². The van der Waals surface area contributed by atoms with Crippen LogP contribution in [0.3, 0.4) is 0 Å². The number of aryl methyl sites for hydroxylation is 1. The fraction of sp³-hybridized carbons (Fsp3) is 0.0952. The Bertz CT molecular complexity index is 1270. The summed E-state index contributed by atoms with van der Waals surface area (Å²) in [5, 5.41) is 9.14. The van der Waals surface area contributed by atoms with Gasteiger partial charge in [0, 0.05) is 33.8 Å². The van der Waals surface area contributed by atoms with Crippen LogP contribution in [0.25, 0.3) is 0 Å². The Morgan fingerprint density at radius 1 is 1.10 bits per heavy atom. The van der Waals surface area contributed by atoms with Gasteiger partial charge in [0.15, 0.2) is 20.8 Å². The highest BCUT2D eigenvalue weighted by atomic mass is 35.5. The molecule has 1 unspecified atom stereocenters. The van der Waals surface area contributed by atoms with Crippen LogP contribution < -0.4 is 10.5 Å². The van der Waals surface area contributed by atoms with Crippen molar-refractivity contribution in [1.29, 1.82) is 5.41 Å². The molecule has 0 fully saturated rings. The molecule has 0 heterocycles. The fourth-order valence-corrected chi connectivity index (χ4v) is 5.33. The molecular formula is C21H20ClN3O3S2. The number of hydrogen-bond acceptors (Lipinski definition) is 5. The van der Waals surface area contributed by atoms with E-state index in [0.29, 0.717) is 27.5 Å². The van der Waals surface area contributed by atoms with E-state index in [1.54, 1.807) is 48.5 Å². The lowest BCUT2D eigenvalue weighted by Crippen LogP contribution is -2.11. The summed E-state index contributed by atoms with van der Waals surface area (Å²) in [5.74, 6) is 0. The number of benzene rings is 3. The monoisotopic (exact) mass is 461 g/mol. The van der Waals surface area contributed by atoms with Crippen LogP contribution in [-0.2, 0) is 20.8 Å². The lowest BCUT2D eigenvalue weighted by molar-refractivity contribution is 0.599. The van der Waals surface area contributed by atoms with E-state index in [1.807, 2.05) is 6.92 Å². The number of nitrogens with two attached hydrogens (primary N) is 1. The molecule has 0 saturated carbocycles. The van der Waals surface area contributed by atoms with Gasteiger partial charge >= 0.3 is 0 Å². The van der Waals surface area contributed by atoms with Gasteiger partial charge in [0.1, 0.15) is 0 Å². The smallest absolute Gasteiger partial charge is 0.176 e. The molecule has 9 heteroatoms. The van der Waals surface area contributed by atoms with Crippen molar-refractivity contribution in [1.82, 2.24) is 0 Å². The molecule has 3 rings (SSSR count). The Kier molecular flexibility index (Phi) is 6.30. The molecule has 0 saturated heterocycles. The zero-order valence-electron chi connectivity index (χ0n) is 16.3. The number of rotatable bonds is 6. The van der Waals surface area contributed by atoms with Crippen molar-refractivity contribution < 1.29 is 12.6 Å². The van der Waals surface area contributed by atoms with Gasteiger partial charge in [0.05, 0.1) is 15.5 Å². The van der Waals surface area contributed by atoms with Crippen LogP contribution in [0, 0.1) is 12.3 Å². The second kappa shape index (κ2) is 8.59. The Hall–Kier alpha value is -2.68. The highest BCUT2D eigenvalue weighted by molar-refractivity contribution is 7.92. The second-order valence-electron chi connectivity index (χ2n) is 6.73. The summed E-state index contributed by atoms with van der Waals surface area (Å²) < 4.78 is 39.6. The van der Waals surface area contributed by atoms with Crippen LogP contribution in [-0.4, -0.2) is 24.6 Å². The number of sulfone groups is 1. The first-order chi connectivity index (χ1) is 14.1. The van der Waals surface area contributed by atoms with Crippen LogP contribution in [0.1, 0.15) is 16.7 Å². The van der Waals surface area contributed by atoms with Gasteiger partial charge < -0.3 is 10.5 Å². The SMILES string of the molecule is Cc1cc(C(=N)c2cc(NS(=O)c3ccccc3S(C)(=O)=O)ccc2N)ccc1Cl. The highest BCUT2D eigenvalue weighted by Gasteiger charge is 2.18. The lowest BCUT2D eigenvalue weighted by Gasteiger charge is -2.13. The van der Waals surface area contributed by atoms with E-state index in [1.165, 1.54) is 12.1 Å². The zero-order valence-corrected chi connectivity index (χ0v) is 18.7. The Balaban J connectivity index is 1.94. The maximum atomic E-state index is 12.8. The van der Waals surface area contributed by atoms with E-state index in [0.717, 1.165) is 11.8 Å². The van der Waals surface area contributed by atoms with Gasteiger partial charge in [-0.05, 0) is 55.0 Å². The van der Waals surface area contributed by atoms with Gasteiger partial charge in [-0.2, -0.15) is 0 Å². The zero-order chi connectivity index (χ0) is 22.1. The van der Waals surface area contributed by atoms with Crippen LogP contribution >= 0.6 is 11.6 Å². The first-order valence-corrected chi connectivity index (χ1v) is 12.2. The van der Waals surface area contributed by atoms with Crippen molar-refractivity contribution in [2.75, 3.05) is 16.7 Å². The Morgan fingerprint density at radius 2 is 1.80 bits per heavy atom. The number of anilines is 2. The molecule has 3 aromatic carbocycles. The Morgan fingerprint density at radius 3 is 2.47 bits per heavy atom. The van der Waals surface area contributed by atoms with E-state index in [2.05, 4.69) is 4.72 Å². The predicted molar refractivity (Wildman–Crippen MR) is 123 cm³/mol. The third-order valence-corrected chi connectivity index (χ3v) is 7.31. The molecule has 0 amide bonds. The lowest BCUT2D eigenvalue weighted by atomic mass is 9.99. The van der Waals surface area contributed by atoms with Crippen molar-refractivity contribution in [3.63, 3.8) is 0 Å². The molecule has 156 valence electrons. The minimum Gasteiger partial charge on any atom is -0.398 e. The van der Waals surface area contributed by atoms with Gasteiger partial charge in [0.2, 0.25) is 0 Å². The summed E-state index contributed by atoms with van der Waals surface area (Å²) in [6.07, 6.45) is 1.07. The number of hydrogen-bond donors (Lipinski definition) is 3. The molecule has 3 aromatic rings. The van der Waals surface area contributed by atoms with Crippen molar-refractivity contribution >= 4 is 49.5 Å². The van der Waals surface area contributed by atoms with Gasteiger partial charge in [-0.3, -0.25) is 5.41 Å². The van der Waals surface area contributed by atoms with E-state index < -0.39 is 20.8 Å². The molecule has 0 radical (unpaired) electrons. The standard InChI is InChI=1S/C21H20ClN3O3S2/c1-13-11-14(7-9-17(13)22)21(24)16-12-15(8-10-18(16)23)25-29(26)19-5-3-4-6-20(19)30(2,27)28/h3-12,24-25H,23H2,1-2H3. The van der Waals surface area contributed by atoms with Crippen molar-refractivity contribution in [2.45, 2.75) is 16.7 Å². The molecule has 0 aliphatic heterocycles. The molecule has 0 aromatic heterocycles. The number of halogens is 1. The highest BCUT2D eigenvalue weighted by Crippen LogP contribution is 2.26. The van der Waals surface area contributed by atoms with Crippen molar-refractivity contribution in [3.05, 3.63) is 82.4 Å². The molecule has 0 spiro atoms. The summed E-state index contributed by atoms with van der Waals surface area (Å²) >= 11 is 6.07. The van der Waals surface area contributed by atoms with Crippen molar-refractivity contribution in [2.24, 2.45) is 0 Å². The minimum atomic E-state index is -3.54. The summed E-state index contributed by atoms with van der Waals surface area (Å²) in [6.45, 7) is 1.85. The summed E-state index contributed by atoms with van der Waals surface area (Å²) in [5.41, 5.74) is 9.03. The van der Waals surface area contributed by atoms with Crippen LogP contribution in [0.2, 0.25) is 5.02 Å². The van der Waals surface area contributed by atoms with Gasteiger partial charge in [-0.1, -0.05) is 29.8 Å². The van der Waals surface area contributed by atoms with Crippen LogP contribution in [0.5, 0.6) is 0 Å². The molecule has 0 aliphatic rings. The maximum absolute atomic E-state index is 12.8. The second-order valence-corrected chi connectivity index (χ2v) is 10.3. The van der Waals surface area contributed by atoms with Gasteiger partial charge in [0.25, 0.3) is 0 Å². The molecule has 30 heavy (non-hydrogen) atoms. The molecule has 0 bridgehead atoms. The van der Waals surface area contributed by atoms with E-state index in [9.17, 15) is 12.6 Å². The van der Waals surface area contributed by atoms with Crippen LogP contribution in [0.15, 0.2) is 70.5 Å². The Labute approximate surface area is 183 Å². The van der Waals surface area contributed by atoms with E-state index in [-0.39, 0.29) is 15.5 Å². The fourth-order valence-electron chi connectivity index (χ4n) is 2.86. The van der Waals surface area contributed by atoms with E-state index >= 15 is 0 Å². The average Bonchev–Trinajstić information content (AvgIpc) is 2.70. The van der Waals surface area contributed by atoms with Gasteiger partial charge in [-0.15, -0.1) is 0 Å². The summed E-state index contributed by atoms with van der Waals surface area (Å²) in [4.78, 5) is 0.151. The number of nitrogen functional groups attached to an aromatic ring is 1. The average molecular weight is 462 g/mol. The van der Waals surface area contributed by atoms with Crippen LogP contribution in [0.4, 0.5) is 11.4 Å². The maximum Gasteiger partial charge on any atom is 0.176 e. The topological polar surface area (TPSA) is 113 Å². The first kappa shape index (κ1) is 22.0. The van der Waals surface area contributed by atoms with Gasteiger partial charge in [-0.25, -0.2) is 12.6 Å². The third kappa shape index (κ3) is 4.72. The molecule has 6 nitrogen and oxygen atoms in total.